The van der Waals surface area contributed by atoms with Gasteiger partial charge in [0.2, 0.25) is 0 Å². The lowest BCUT2D eigenvalue weighted by molar-refractivity contribution is 0.0710. The Morgan fingerprint density at radius 2 is 2.33 bits per heavy atom. The lowest BCUT2D eigenvalue weighted by Crippen LogP contribution is -2.40. The van der Waals surface area contributed by atoms with Gasteiger partial charge in [-0.3, -0.25) is 9.59 Å². The molecule has 1 fully saturated rings. The van der Waals surface area contributed by atoms with Gasteiger partial charge in [0.1, 0.15) is 5.69 Å². The molecule has 98 valence electrons. The van der Waals surface area contributed by atoms with Crippen LogP contribution in [0.25, 0.3) is 0 Å². The Morgan fingerprint density at radius 1 is 1.56 bits per heavy atom. The van der Waals surface area contributed by atoms with Gasteiger partial charge in [0.05, 0.1) is 12.1 Å². The summed E-state index contributed by atoms with van der Waals surface area (Å²) in [4.78, 5) is 25.9. The zero-order chi connectivity index (χ0) is 13.1. The molecule has 2 heterocycles. The first kappa shape index (κ1) is 12.8. The third kappa shape index (κ3) is 2.79. The molecule has 0 spiro atoms. The second kappa shape index (κ2) is 5.35. The predicted molar refractivity (Wildman–Crippen MR) is 66.7 cm³/mol. The van der Waals surface area contributed by atoms with Crippen molar-refractivity contribution >= 4 is 11.7 Å². The Morgan fingerprint density at radius 3 is 2.89 bits per heavy atom. The van der Waals surface area contributed by atoms with Gasteiger partial charge in [0.25, 0.3) is 5.91 Å². The zero-order valence-corrected chi connectivity index (χ0v) is 10.7. The Balaban J connectivity index is 1.95. The lowest BCUT2D eigenvalue weighted by Gasteiger charge is -2.19. The topological polar surface area (TPSA) is 71.2 Å². The van der Waals surface area contributed by atoms with Crippen LogP contribution >= 0.6 is 0 Å². The van der Waals surface area contributed by atoms with Crippen molar-refractivity contribution in [1.82, 2.24) is 10.3 Å². The number of H-pyrrole nitrogens is 1. The van der Waals surface area contributed by atoms with Gasteiger partial charge in [-0.1, -0.05) is 0 Å². The monoisotopic (exact) mass is 250 g/mol. The van der Waals surface area contributed by atoms with Crippen molar-refractivity contribution in [2.75, 3.05) is 6.61 Å². The highest BCUT2D eigenvalue weighted by atomic mass is 16.5. The fourth-order valence-corrected chi connectivity index (χ4v) is 2.10. The molecule has 5 nitrogen and oxygen atoms in total. The molecule has 0 aromatic carbocycles. The highest BCUT2D eigenvalue weighted by Crippen LogP contribution is 2.15. The Labute approximate surface area is 106 Å². The fourth-order valence-electron chi connectivity index (χ4n) is 2.10. The number of nitrogens with one attached hydrogen (secondary N) is 2. The van der Waals surface area contributed by atoms with Gasteiger partial charge in [-0.2, -0.15) is 0 Å². The average Bonchev–Trinajstić information content (AvgIpc) is 3.00. The number of Topliss-reactive ketones (excluding diaryl/α,β-unsaturated/α-hetero) is 1. The van der Waals surface area contributed by atoms with Crippen molar-refractivity contribution in [1.29, 1.82) is 0 Å². The highest BCUT2D eigenvalue weighted by Gasteiger charge is 2.24. The molecule has 5 heteroatoms. The van der Waals surface area contributed by atoms with E-state index in [9.17, 15) is 9.59 Å². The van der Waals surface area contributed by atoms with E-state index in [1.165, 1.54) is 6.92 Å². The molecule has 1 aromatic rings. The van der Waals surface area contributed by atoms with Gasteiger partial charge in [-0.05, 0) is 32.8 Å². The summed E-state index contributed by atoms with van der Waals surface area (Å²) in [6.45, 7) is 4.17. The zero-order valence-electron chi connectivity index (χ0n) is 10.7. The predicted octanol–water partition coefficient (Wildman–Crippen LogP) is 1.51. The van der Waals surface area contributed by atoms with Crippen LogP contribution in [0.4, 0.5) is 0 Å². The van der Waals surface area contributed by atoms with Crippen LogP contribution in [0.3, 0.4) is 0 Å². The van der Waals surface area contributed by atoms with Crippen LogP contribution in [0.1, 0.15) is 47.5 Å². The maximum absolute atomic E-state index is 11.9. The molecule has 0 radical (unpaired) electrons. The SMILES string of the molecule is CC(=O)c1c[nH]c(C(=O)N[C@@H](C)[C@H]2CCCO2)c1. The summed E-state index contributed by atoms with van der Waals surface area (Å²) in [6.07, 6.45) is 3.66. The largest absolute Gasteiger partial charge is 0.376 e. The second-order valence-corrected chi connectivity index (χ2v) is 4.67. The third-order valence-electron chi connectivity index (χ3n) is 3.22. The normalized spacial score (nSPS) is 20.7. The minimum absolute atomic E-state index is 0.0240. The number of aromatic amines is 1. The van der Waals surface area contributed by atoms with Crippen molar-refractivity contribution in [3.05, 3.63) is 23.5 Å². The van der Waals surface area contributed by atoms with E-state index >= 15 is 0 Å². The Hall–Kier alpha value is -1.62. The quantitative estimate of drug-likeness (QED) is 0.796. The molecule has 1 amide bonds. The first-order valence-electron chi connectivity index (χ1n) is 6.19. The summed E-state index contributed by atoms with van der Waals surface area (Å²) >= 11 is 0. The van der Waals surface area contributed by atoms with Gasteiger partial charge >= 0.3 is 0 Å². The van der Waals surface area contributed by atoms with Crippen molar-refractivity contribution in [2.45, 2.75) is 38.8 Å². The molecule has 1 aromatic heterocycles. The van der Waals surface area contributed by atoms with Crippen molar-refractivity contribution in [3.8, 4) is 0 Å². The molecule has 2 N–H and O–H groups in total. The van der Waals surface area contributed by atoms with E-state index in [4.69, 9.17) is 4.74 Å². The standard InChI is InChI=1S/C13H18N2O3/c1-8(12-4-3-5-18-12)15-13(17)11-6-10(7-14-11)9(2)16/h6-8,12,14H,3-5H2,1-2H3,(H,15,17)/t8-,12+/m0/s1. The van der Waals surface area contributed by atoms with E-state index < -0.39 is 0 Å². The molecule has 0 saturated carbocycles. The van der Waals surface area contributed by atoms with Crippen LogP contribution in [0.15, 0.2) is 12.3 Å². The molecule has 0 aliphatic carbocycles. The van der Waals surface area contributed by atoms with Crippen LogP contribution in [-0.2, 0) is 4.74 Å². The average molecular weight is 250 g/mol. The van der Waals surface area contributed by atoms with Gasteiger partial charge < -0.3 is 15.0 Å². The number of aromatic nitrogens is 1. The van der Waals surface area contributed by atoms with E-state index in [0.29, 0.717) is 11.3 Å². The Bertz CT molecular complexity index is 447. The minimum Gasteiger partial charge on any atom is -0.376 e. The number of rotatable bonds is 4. The van der Waals surface area contributed by atoms with E-state index in [2.05, 4.69) is 10.3 Å². The van der Waals surface area contributed by atoms with Crippen LogP contribution in [0, 0.1) is 0 Å². The summed E-state index contributed by atoms with van der Waals surface area (Å²) in [7, 11) is 0. The van der Waals surface area contributed by atoms with E-state index in [0.717, 1.165) is 19.4 Å². The van der Waals surface area contributed by atoms with Gasteiger partial charge in [-0.15, -0.1) is 0 Å². The molecular formula is C13H18N2O3. The van der Waals surface area contributed by atoms with E-state index in [1.54, 1.807) is 12.3 Å². The van der Waals surface area contributed by atoms with Crippen molar-refractivity contribution < 1.29 is 14.3 Å². The van der Waals surface area contributed by atoms with Gasteiger partial charge in [0.15, 0.2) is 5.78 Å². The Kier molecular flexibility index (Phi) is 3.81. The van der Waals surface area contributed by atoms with Crippen LogP contribution in [0.5, 0.6) is 0 Å². The fraction of sp³-hybridized carbons (Fsp3) is 0.538. The molecule has 18 heavy (non-hydrogen) atoms. The van der Waals surface area contributed by atoms with Crippen LogP contribution in [0.2, 0.25) is 0 Å². The second-order valence-electron chi connectivity index (χ2n) is 4.67. The number of hydrogen-bond donors (Lipinski definition) is 2. The summed E-state index contributed by atoms with van der Waals surface area (Å²) < 4.78 is 5.52. The third-order valence-corrected chi connectivity index (χ3v) is 3.22. The van der Waals surface area contributed by atoms with Gasteiger partial charge in [-0.25, -0.2) is 0 Å². The molecule has 1 aliphatic rings. The maximum Gasteiger partial charge on any atom is 0.268 e. The maximum atomic E-state index is 11.9. The first-order valence-corrected chi connectivity index (χ1v) is 6.19. The molecule has 1 saturated heterocycles. The van der Waals surface area contributed by atoms with Crippen molar-refractivity contribution in [2.24, 2.45) is 0 Å². The lowest BCUT2D eigenvalue weighted by atomic mass is 10.1. The molecule has 2 rings (SSSR count). The molecule has 0 unspecified atom stereocenters. The summed E-state index contributed by atoms with van der Waals surface area (Å²) in [5.41, 5.74) is 0.926. The molecule has 1 aliphatic heterocycles. The molecule has 2 atom stereocenters. The summed E-state index contributed by atoms with van der Waals surface area (Å²) in [6, 6.07) is 1.55. The van der Waals surface area contributed by atoms with E-state index in [1.807, 2.05) is 6.92 Å². The van der Waals surface area contributed by atoms with Crippen LogP contribution in [-0.4, -0.2) is 35.4 Å². The number of carbonyl (C=O) groups is 2. The minimum atomic E-state index is -0.203. The number of ether oxygens (including phenoxy) is 1. The van der Waals surface area contributed by atoms with Crippen molar-refractivity contribution in [3.63, 3.8) is 0 Å². The van der Waals surface area contributed by atoms with E-state index in [-0.39, 0.29) is 23.8 Å². The smallest absolute Gasteiger partial charge is 0.268 e. The number of carbonyl (C=O) groups excluding carboxylic acids is 2. The van der Waals surface area contributed by atoms with Gasteiger partial charge in [0, 0.05) is 18.4 Å². The highest BCUT2D eigenvalue weighted by molar-refractivity contribution is 5.99. The summed E-state index contributed by atoms with van der Waals surface area (Å²) in [5, 5.41) is 2.88. The number of hydrogen-bond acceptors (Lipinski definition) is 3. The first-order chi connectivity index (χ1) is 8.58. The molecule has 0 bridgehead atoms. The molecular weight excluding hydrogens is 232 g/mol. The van der Waals surface area contributed by atoms with Crippen LogP contribution < -0.4 is 5.32 Å². The number of amides is 1. The summed E-state index contributed by atoms with van der Waals surface area (Å²) in [5.74, 6) is -0.261. The number of ketones is 1.